The number of benzene rings is 3. The van der Waals surface area contributed by atoms with Crippen LogP contribution in [0, 0.1) is 5.41 Å². The average molecular weight is 332 g/mol. The molecule has 1 fully saturated rings. The third-order valence-corrected chi connectivity index (χ3v) is 5.43. The normalized spacial score (nSPS) is 17.9. The minimum absolute atomic E-state index is 0.183. The van der Waals surface area contributed by atoms with Crippen molar-refractivity contribution in [3.63, 3.8) is 0 Å². The van der Waals surface area contributed by atoms with Crippen LogP contribution in [0.15, 0.2) is 54.6 Å². The number of piperazine rings is 1. The first-order chi connectivity index (χ1) is 12.1. The molecular weight excluding hydrogens is 304 g/mol. The predicted molar refractivity (Wildman–Crippen MR) is 108 cm³/mol. The highest BCUT2D eigenvalue weighted by atomic mass is 15.2. The summed E-state index contributed by atoms with van der Waals surface area (Å²) in [5.41, 5.74) is 1.66. The minimum Gasteiger partial charge on any atom is -0.314 e. The summed E-state index contributed by atoms with van der Waals surface area (Å²) in [6, 6.07) is 20.6. The molecule has 0 unspecified atom stereocenters. The fraction of sp³-hybridized carbons (Fsp3) is 0.391. The molecule has 4 rings (SSSR count). The van der Waals surface area contributed by atoms with E-state index in [1.54, 1.807) is 0 Å². The zero-order valence-corrected chi connectivity index (χ0v) is 15.5. The maximum atomic E-state index is 3.50. The number of nitrogens with one attached hydrogen (secondary N) is 1. The molecule has 1 N–H and O–H groups in total. The highest BCUT2D eigenvalue weighted by Crippen LogP contribution is 2.43. The van der Waals surface area contributed by atoms with Gasteiger partial charge in [-0.15, -0.1) is 0 Å². The van der Waals surface area contributed by atoms with Gasteiger partial charge in [-0.1, -0.05) is 69.3 Å². The molecule has 130 valence electrons. The number of hydrogen-bond acceptors (Lipinski definition) is 2. The van der Waals surface area contributed by atoms with Crippen molar-refractivity contribution in [2.45, 2.75) is 26.8 Å². The number of rotatable bonds is 2. The Balaban J connectivity index is 1.98. The molecule has 1 saturated heterocycles. The minimum atomic E-state index is 0.183. The fourth-order valence-corrected chi connectivity index (χ4v) is 4.46. The molecule has 25 heavy (non-hydrogen) atoms. The summed E-state index contributed by atoms with van der Waals surface area (Å²) in [5, 5.41) is 8.98. The number of hydrogen-bond donors (Lipinski definition) is 1. The van der Waals surface area contributed by atoms with E-state index in [2.05, 4.69) is 85.6 Å². The average Bonchev–Trinajstić information content (AvgIpc) is 2.62. The van der Waals surface area contributed by atoms with Crippen LogP contribution in [0.5, 0.6) is 0 Å². The Morgan fingerprint density at radius 1 is 0.840 bits per heavy atom. The topological polar surface area (TPSA) is 15.3 Å². The highest BCUT2D eigenvalue weighted by molar-refractivity contribution is 6.09. The molecule has 0 aromatic heterocycles. The van der Waals surface area contributed by atoms with Crippen LogP contribution < -0.4 is 5.32 Å². The van der Waals surface area contributed by atoms with E-state index in [0.29, 0.717) is 6.04 Å². The van der Waals surface area contributed by atoms with Gasteiger partial charge in [0, 0.05) is 32.2 Å². The quantitative estimate of drug-likeness (QED) is 0.665. The van der Waals surface area contributed by atoms with Crippen LogP contribution in [-0.4, -0.2) is 31.1 Å². The Labute approximate surface area is 150 Å². The molecule has 1 aliphatic rings. The first-order valence-electron chi connectivity index (χ1n) is 9.41. The molecular formula is C23H28N2. The molecule has 1 heterocycles. The SMILES string of the molecule is CC(C)(C)[C@H](c1cc2ccccc2c2ccccc12)N1CCNCC1. The summed E-state index contributed by atoms with van der Waals surface area (Å²) in [6.45, 7) is 11.5. The van der Waals surface area contributed by atoms with Crippen LogP contribution in [0.2, 0.25) is 0 Å². The second-order valence-corrected chi connectivity index (χ2v) is 8.29. The Bertz CT molecular complexity index is 885. The van der Waals surface area contributed by atoms with E-state index in [9.17, 15) is 0 Å². The van der Waals surface area contributed by atoms with E-state index in [4.69, 9.17) is 0 Å². The Hall–Kier alpha value is -1.90. The van der Waals surface area contributed by atoms with E-state index in [1.165, 1.54) is 27.1 Å². The van der Waals surface area contributed by atoms with Gasteiger partial charge < -0.3 is 5.32 Å². The summed E-state index contributed by atoms with van der Waals surface area (Å²) >= 11 is 0. The smallest absolute Gasteiger partial charge is 0.0403 e. The Morgan fingerprint density at radius 2 is 1.44 bits per heavy atom. The van der Waals surface area contributed by atoms with Gasteiger partial charge in [0.15, 0.2) is 0 Å². The van der Waals surface area contributed by atoms with Gasteiger partial charge in [0.25, 0.3) is 0 Å². The van der Waals surface area contributed by atoms with Crippen molar-refractivity contribution in [2.75, 3.05) is 26.2 Å². The number of fused-ring (bicyclic) bond motifs is 3. The Kier molecular flexibility index (Phi) is 4.26. The first-order valence-corrected chi connectivity index (χ1v) is 9.41. The van der Waals surface area contributed by atoms with Crippen molar-refractivity contribution in [1.29, 1.82) is 0 Å². The third-order valence-electron chi connectivity index (χ3n) is 5.43. The molecule has 2 heteroatoms. The van der Waals surface area contributed by atoms with Crippen molar-refractivity contribution < 1.29 is 0 Å². The maximum Gasteiger partial charge on any atom is 0.0403 e. The van der Waals surface area contributed by atoms with E-state index in [-0.39, 0.29) is 5.41 Å². The first kappa shape index (κ1) is 16.6. The number of nitrogens with zero attached hydrogens (tertiary/aromatic N) is 1. The predicted octanol–water partition coefficient (Wildman–Crippen LogP) is 4.99. The Morgan fingerprint density at radius 3 is 2.12 bits per heavy atom. The molecule has 0 amide bonds. The summed E-state index contributed by atoms with van der Waals surface area (Å²) in [6.07, 6.45) is 0. The van der Waals surface area contributed by atoms with E-state index in [0.717, 1.165) is 26.2 Å². The summed E-state index contributed by atoms with van der Waals surface area (Å²) in [5.74, 6) is 0. The molecule has 0 saturated carbocycles. The van der Waals surface area contributed by atoms with Crippen molar-refractivity contribution >= 4 is 21.5 Å². The highest BCUT2D eigenvalue weighted by Gasteiger charge is 2.33. The van der Waals surface area contributed by atoms with Crippen LogP contribution in [0.3, 0.4) is 0 Å². The molecule has 2 nitrogen and oxygen atoms in total. The van der Waals surface area contributed by atoms with Gasteiger partial charge in [0.2, 0.25) is 0 Å². The molecule has 1 atom stereocenters. The van der Waals surface area contributed by atoms with Gasteiger partial charge in [-0.3, -0.25) is 4.90 Å². The van der Waals surface area contributed by atoms with Crippen molar-refractivity contribution in [1.82, 2.24) is 10.2 Å². The van der Waals surface area contributed by atoms with E-state index >= 15 is 0 Å². The fourth-order valence-electron chi connectivity index (χ4n) is 4.46. The van der Waals surface area contributed by atoms with Crippen LogP contribution >= 0.6 is 0 Å². The van der Waals surface area contributed by atoms with Gasteiger partial charge in [-0.2, -0.15) is 0 Å². The standard InChI is InChI=1S/C23H28N2/c1-23(2,3)22(25-14-12-24-13-15-25)21-16-17-8-4-5-9-18(17)19-10-6-7-11-20(19)21/h4-11,16,22,24H,12-15H2,1-3H3/t22-/m0/s1. The van der Waals surface area contributed by atoms with Gasteiger partial charge in [0.05, 0.1) is 0 Å². The van der Waals surface area contributed by atoms with Crippen molar-refractivity contribution in [3.8, 4) is 0 Å². The van der Waals surface area contributed by atoms with Gasteiger partial charge in [-0.25, -0.2) is 0 Å². The molecule has 0 bridgehead atoms. The van der Waals surface area contributed by atoms with E-state index in [1.807, 2.05) is 0 Å². The zero-order chi connectivity index (χ0) is 17.4. The monoisotopic (exact) mass is 332 g/mol. The molecule has 3 aromatic rings. The van der Waals surface area contributed by atoms with Crippen molar-refractivity contribution in [3.05, 3.63) is 60.2 Å². The van der Waals surface area contributed by atoms with Crippen LogP contribution in [-0.2, 0) is 0 Å². The zero-order valence-electron chi connectivity index (χ0n) is 15.5. The molecule has 3 aromatic carbocycles. The van der Waals surface area contributed by atoms with E-state index < -0.39 is 0 Å². The molecule has 0 radical (unpaired) electrons. The van der Waals surface area contributed by atoms with Gasteiger partial charge in [0.1, 0.15) is 0 Å². The van der Waals surface area contributed by atoms with Crippen LogP contribution in [0.4, 0.5) is 0 Å². The summed E-state index contributed by atoms with van der Waals surface area (Å²) in [7, 11) is 0. The maximum absolute atomic E-state index is 3.50. The van der Waals surface area contributed by atoms with Gasteiger partial charge >= 0.3 is 0 Å². The molecule has 1 aliphatic heterocycles. The summed E-state index contributed by atoms with van der Waals surface area (Å²) in [4.78, 5) is 2.67. The van der Waals surface area contributed by atoms with Crippen LogP contribution in [0.1, 0.15) is 32.4 Å². The van der Waals surface area contributed by atoms with Crippen molar-refractivity contribution in [2.24, 2.45) is 5.41 Å². The largest absolute Gasteiger partial charge is 0.314 e. The lowest BCUT2D eigenvalue weighted by molar-refractivity contribution is 0.0873. The molecule has 0 spiro atoms. The second kappa shape index (κ2) is 6.44. The lowest BCUT2D eigenvalue weighted by atomic mass is 9.78. The second-order valence-electron chi connectivity index (χ2n) is 8.29. The summed E-state index contributed by atoms with van der Waals surface area (Å²) < 4.78 is 0. The lowest BCUT2D eigenvalue weighted by Crippen LogP contribution is -2.48. The molecule has 0 aliphatic carbocycles. The van der Waals surface area contributed by atoms with Gasteiger partial charge in [-0.05, 0) is 38.6 Å². The van der Waals surface area contributed by atoms with Crippen LogP contribution in [0.25, 0.3) is 21.5 Å². The lowest BCUT2D eigenvalue weighted by Gasteiger charge is -2.43. The third kappa shape index (κ3) is 3.05.